The summed E-state index contributed by atoms with van der Waals surface area (Å²) in [5, 5.41) is 0. The number of anilines is 1. The molecule has 0 aliphatic heterocycles. The fourth-order valence-electron chi connectivity index (χ4n) is 4.28. The summed E-state index contributed by atoms with van der Waals surface area (Å²) in [4.78, 5) is 4.64. The zero-order chi connectivity index (χ0) is 14.8. The van der Waals surface area contributed by atoms with Crippen LogP contribution in [0.1, 0.15) is 31.7 Å². The summed E-state index contributed by atoms with van der Waals surface area (Å²) >= 11 is 0. The Kier molecular flexibility index (Phi) is 2.64. The molecule has 1 aromatic heterocycles. The fraction of sp³-hybridized carbons (Fsp3) is 0.533. The minimum absolute atomic E-state index is 0.272. The minimum atomic E-state index is -3.30. The van der Waals surface area contributed by atoms with Crippen molar-refractivity contribution in [2.75, 3.05) is 12.0 Å². The summed E-state index contributed by atoms with van der Waals surface area (Å²) in [5.41, 5.74) is 7.50. The molecule has 3 atom stereocenters. The first-order valence-electron chi connectivity index (χ1n) is 7.41. The highest BCUT2D eigenvalue weighted by atomic mass is 32.2. The standard InChI is InChI=1S/C15H19N3O2S/c1-21(19,20)13-4-2-3-11-14(13)17-15(16)18(11)12-8-9-5-6-10(12)7-9/h2-4,9-10,12H,5-8H2,1H3,(H2,16,17). The Morgan fingerprint density at radius 2 is 2.10 bits per heavy atom. The van der Waals surface area contributed by atoms with Crippen molar-refractivity contribution in [1.29, 1.82) is 0 Å². The molecule has 0 amide bonds. The first-order valence-corrected chi connectivity index (χ1v) is 9.31. The number of rotatable bonds is 2. The van der Waals surface area contributed by atoms with Gasteiger partial charge in [0.2, 0.25) is 5.95 Å². The molecule has 0 radical (unpaired) electrons. The van der Waals surface area contributed by atoms with Gasteiger partial charge >= 0.3 is 0 Å². The summed E-state index contributed by atoms with van der Waals surface area (Å²) in [7, 11) is -3.30. The van der Waals surface area contributed by atoms with E-state index in [1.807, 2.05) is 6.07 Å². The topological polar surface area (TPSA) is 78.0 Å². The molecule has 2 aliphatic rings. The maximum Gasteiger partial charge on any atom is 0.201 e. The molecule has 3 unspecified atom stereocenters. The van der Waals surface area contributed by atoms with E-state index in [0.717, 1.165) is 17.9 Å². The van der Waals surface area contributed by atoms with Crippen LogP contribution < -0.4 is 5.73 Å². The van der Waals surface area contributed by atoms with Gasteiger partial charge in [0.05, 0.1) is 10.4 Å². The molecule has 1 heterocycles. The molecular formula is C15H19N3O2S. The lowest BCUT2D eigenvalue weighted by atomic mass is 9.95. The number of nitrogens with zero attached hydrogens (tertiary/aromatic N) is 2. The van der Waals surface area contributed by atoms with Crippen LogP contribution in [0, 0.1) is 11.8 Å². The molecule has 112 valence electrons. The van der Waals surface area contributed by atoms with Gasteiger partial charge in [-0.3, -0.25) is 0 Å². The van der Waals surface area contributed by atoms with Crippen LogP contribution in [-0.2, 0) is 9.84 Å². The second kappa shape index (κ2) is 4.22. The molecule has 2 aromatic rings. The van der Waals surface area contributed by atoms with Crippen molar-refractivity contribution in [3.8, 4) is 0 Å². The van der Waals surface area contributed by atoms with Crippen LogP contribution in [0.4, 0.5) is 5.95 Å². The summed E-state index contributed by atoms with van der Waals surface area (Å²) in [5.74, 6) is 1.91. The van der Waals surface area contributed by atoms with Crippen LogP contribution in [0.15, 0.2) is 23.1 Å². The zero-order valence-electron chi connectivity index (χ0n) is 12.0. The van der Waals surface area contributed by atoms with Crippen molar-refractivity contribution < 1.29 is 8.42 Å². The smallest absolute Gasteiger partial charge is 0.201 e. The number of nitrogen functional groups attached to an aromatic ring is 1. The van der Waals surface area contributed by atoms with E-state index in [0.29, 0.717) is 23.4 Å². The third-order valence-electron chi connectivity index (χ3n) is 5.14. The molecule has 2 bridgehead atoms. The maximum absolute atomic E-state index is 11.9. The molecule has 21 heavy (non-hydrogen) atoms. The Bertz CT molecular complexity index is 825. The van der Waals surface area contributed by atoms with Crippen LogP contribution in [0.3, 0.4) is 0 Å². The third kappa shape index (κ3) is 1.88. The Morgan fingerprint density at radius 3 is 2.71 bits per heavy atom. The summed E-state index contributed by atoms with van der Waals surface area (Å²) in [6.45, 7) is 0. The predicted octanol–water partition coefficient (Wildman–Crippen LogP) is 2.38. The molecule has 2 saturated carbocycles. The Morgan fingerprint density at radius 1 is 1.29 bits per heavy atom. The average molecular weight is 305 g/mol. The lowest BCUT2D eigenvalue weighted by Gasteiger charge is -2.24. The number of nitrogens with two attached hydrogens (primary N) is 1. The average Bonchev–Trinajstić information content (AvgIpc) is 3.08. The highest BCUT2D eigenvalue weighted by Gasteiger charge is 2.41. The Hall–Kier alpha value is -1.56. The van der Waals surface area contributed by atoms with Crippen LogP contribution in [0.5, 0.6) is 0 Å². The summed E-state index contributed by atoms with van der Waals surface area (Å²) < 4.78 is 25.9. The largest absolute Gasteiger partial charge is 0.369 e. The van der Waals surface area contributed by atoms with Gasteiger partial charge in [0.15, 0.2) is 9.84 Å². The van der Waals surface area contributed by atoms with Crippen molar-refractivity contribution in [2.45, 2.75) is 36.6 Å². The molecule has 5 nitrogen and oxygen atoms in total. The van der Waals surface area contributed by atoms with E-state index in [4.69, 9.17) is 5.73 Å². The predicted molar refractivity (Wildman–Crippen MR) is 81.7 cm³/mol. The van der Waals surface area contributed by atoms with Crippen molar-refractivity contribution >= 4 is 26.8 Å². The van der Waals surface area contributed by atoms with E-state index in [9.17, 15) is 8.42 Å². The van der Waals surface area contributed by atoms with E-state index in [-0.39, 0.29) is 4.90 Å². The van der Waals surface area contributed by atoms with E-state index in [1.165, 1.54) is 25.5 Å². The van der Waals surface area contributed by atoms with Gasteiger partial charge in [-0.1, -0.05) is 12.5 Å². The normalized spacial score (nSPS) is 28.5. The van der Waals surface area contributed by atoms with E-state index in [1.54, 1.807) is 12.1 Å². The van der Waals surface area contributed by atoms with Gasteiger partial charge in [-0.15, -0.1) is 0 Å². The Balaban J connectivity index is 1.93. The number of aromatic nitrogens is 2. The molecular weight excluding hydrogens is 286 g/mol. The van der Waals surface area contributed by atoms with E-state index >= 15 is 0 Å². The first kappa shape index (κ1) is 13.1. The van der Waals surface area contributed by atoms with Gasteiger partial charge in [-0.25, -0.2) is 13.4 Å². The lowest BCUT2D eigenvalue weighted by molar-refractivity contribution is 0.339. The maximum atomic E-state index is 11.9. The van der Waals surface area contributed by atoms with Crippen molar-refractivity contribution in [3.63, 3.8) is 0 Å². The fourth-order valence-corrected chi connectivity index (χ4v) is 5.11. The van der Waals surface area contributed by atoms with Crippen LogP contribution in [0.2, 0.25) is 0 Å². The van der Waals surface area contributed by atoms with Crippen molar-refractivity contribution in [3.05, 3.63) is 18.2 Å². The Labute approximate surface area is 124 Å². The molecule has 2 N–H and O–H groups in total. The second-order valence-electron chi connectivity index (χ2n) is 6.48. The van der Waals surface area contributed by atoms with E-state index in [2.05, 4.69) is 9.55 Å². The third-order valence-corrected chi connectivity index (χ3v) is 6.27. The SMILES string of the molecule is CS(=O)(=O)c1cccc2c1nc(N)n2C1CC2CCC1C2. The number of benzene rings is 1. The van der Waals surface area contributed by atoms with Gasteiger partial charge in [0.1, 0.15) is 5.52 Å². The highest BCUT2D eigenvalue weighted by molar-refractivity contribution is 7.91. The first-order chi connectivity index (χ1) is 9.95. The minimum Gasteiger partial charge on any atom is -0.369 e. The van der Waals surface area contributed by atoms with Crippen LogP contribution >= 0.6 is 0 Å². The molecule has 6 heteroatoms. The quantitative estimate of drug-likeness (QED) is 0.924. The van der Waals surface area contributed by atoms with Gasteiger partial charge in [-0.05, 0) is 43.2 Å². The van der Waals surface area contributed by atoms with Gasteiger partial charge in [0, 0.05) is 12.3 Å². The molecule has 4 rings (SSSR count). The molecule has 1 aromatic carbocycles. The second-order valence-corrected chi connectivity index (χ2v) is 8.46. The van der Waals surface area contributed by atoms with E-state index < -0.39 is 9.84 Å². The molecule has 0 saturated heterocycles. The van der Waals surface area contributed by atoms with Gasteiger partial charge in [0.25, 0.3) is 0 Å². The number of para-hydroxylation sites is 1. The van der Waals surface area contributed by atoms with Gasteiger partial charge in [-0.2, -0.15) is 0 Å². The lowest BCUT2D eigenvalue weighted by Crippen LogP contribution is -2.17. The molecule has 0 spiro atoms. The molecule has 2 fully saturated rings. The number of sulfone groups is 1. The highest BCUT2D eigenvalue weighted by Crippen LogP contribution is 2.52. The summed E-state index contributed by atoms with van der Waals surface area (Å²) in [6, 6.07) is 5.70. The monoisotopic (exact) mass is 305 g/mol. The number of fused-ring (bicyclic) bond motifs is 3. The van der Waals surface area contributed by atoms with Crippen LogP contribution in [-0.4, -0.2) is 24.2 Å². The van der Waals surface area contributed by atoms with Crippen molar-refractivity contribution in [2.24, 2.45) is 11.8 Å². The van der Waals surface area contributed by atoms with Crippen LogP contribution in [0.25, 0.3) is 11.0 Å². The zero-order valence-corrected chi connectivity index (χ0v) is 12.8. The summed E-state index contributed by atoms with van der Waals surface area (Å²) in [6.07, 6.45) is 6.20. The van der Waals surface area contributed by atoms with Crippen molar-refractivity contribution in [1.82, 2.24) is 9.55 Å². The number of hydrogen-bond donors (Lipinski definition) is 1. The van der Waals surface area contributed by atoms with Gasteiger partial charge < -0.3 is 10.3 Å². The molecule has 2 aliphatic carbocycles. The number of hydrogen-bond acceptors (Lipinski definition) is 4. The number of imidazole rings is 1.